The van der Waals surface area contributed by atoms with Crippen LogP contribution in [0.15, 0.2) is 12.1 Å². The molecular formula is C17H21FN6O. The van der Waals surface area contributed by atoms with E-state index < -0.39 is 5.95 Å². The van der Waals surface area contributed by atoms with Crippen LogP contribution in [0.2, 0.25) is 0 Å². The standard InChI is InChI=1S/C17H21FN6O/c18-13-6-14(20-15-5-12(22-23-15)10-1-2-10)21-16(19-13)24-8-17(9-25)4-3-11(24)7-17/h5-6,10-11,25H,1-4,7-9H2,(H2,19,20,21,22,23). The molecule has 2 aromatic heterocycles. The lowest BCUT2D eigenvalue weighted by molar-refractivity contribution is 0.148. The summed E-state index contributed by atoms with van der Waals surface area (Å²) in [6, 6.07) is 3.52. The van der Waals surface area contributed by atoms with Gasteiger partial charge in [-0.3, -0.25) is 5.10 Å². The Hall–Kier alpha value is -2.22. The summed E-state index contributed by atoms with van der Waals surface area (Å²) in [6.45, 7) is 0.850. The van der Waals surface area contributed by atoms with E-state index in [1.807, 2.05) is 11.0 Å². The van der Waals surface area contributed by atoms with Crippen LogP contribution in [0.25, 0.3) is 0 Å². The molecule has 132 valence electrons. The van der Waals surface area contributed by atoms with Crippen molar-refractivity contribution in [3.8, 4) is 0 Å². The predicted octanol–water partition coefficient (Wildman–Crippen LogP) is 2.31. The number of hydrogen-bond acceptors (Lipinski definition) is 6. The second-order valence-electron chi connectivity index (χ2n) is 7.67. The molecule has 8 heteroatoms. The van der Waals surface area contributed by atoms with E-state index in [0.29, 0.717) is 30.0 Å². The third-order valence-corrected chi connectivity index (χ3v) is 5.77. The van der Waals surface area contributed by atoms with Gasteiger partial charge in [0, 0.05) is 41.7 Å². The molecule has 3 fully saturated rings. The maximum atomic E-state index is 14.1. The number of anilines is 3. The molecular weight excluding hydrogens is 323 g/mol. The fourth-order valence-corrected chi connectivity index (χ4v) is 4.24. The molecule has 3 heterocycles. The fourth-order valence-electron chi connectivity index (χ4n) is 4.24. The summed E-state index contributed by atoms with van der Waals surface area (Å²) >= 11 is 0. The Morgan fingerprint density at radius 2 is 2.16 bits per heavy atom. The zero-order chi connectivity index (χ0) is 17.0. The van der Waals surface area contributed by atoms with E-state index in [4.69, 9.17) is 0 Å². The number of nitrogens with zero attached hydrogens (tertiary/aromatic N) is 4. The van der Waals surface area contributed by atoms with E-state index in [2.05, 4.69) is 25.5 Å². The number of piperidine rings is 1. The lowest BCUT2D eigenvalue weighted by Crippen LogP contribution is -2.38. The average molecular weight is 344 g/mol. The van der Waals surface area contributed by atoms with Crippen LogP contribution >= 0.6 is 0 Å². The highest BCUT2D eigenvalue weighted by molar-refractivity contribution is 5.54. The second kappa shape index (κ2) is 5.39. The van der Waals surface area contributed by atoms with Crippen LogP contribution in [-0.2, 0) is 0 Å². The Morgan fingerprint density at radius 1 is 1.28 bits per heavy atom. The van der Waals surface area contributed by atoms with Crippen LogP contribution in [0.3, 0.4) is 0 Å². The molecule has 3 N–H and O–H groups in total. The first kappa shape index (κ1) is 15.1. The first-order valence-corrected chi connectivity index (χ1v) is 8.89. The van der Waals surface area contributed by atoms with E-state index in [1.165, 1.54) is 18.9 Å². The lowest BCUT2D eigenvalue weighted by Gasteiger charge is -2.31. The highest BCUT2D eigenvalue weighted by Crippen LogP contribution is 2.48. The number of H-pyrrole nitrogens is 1. The van der Waals surface area contributed by atoms with E-state index in [-0.39, 0.29) is 18.1 Å². The molecule has 0 amide bonds. The van der Waals surface area contributed by atoms with Crippen LogP contribution < -0.4 is 10.2 Å². The quantitative estimate of drug-likeness (QED) is 0.721. The minimum atomic E-state index is -0.564. The molecule has 0 aromatic carbocycles. The van der Waals surface area contributed by atoms with Gasteiger partial charge in [0.2, 0.25) is 11.9 Å². The molecule has 7 nitrogen and oxygen atoms in total. The molecule has 3 aliphatic rings. The molecule has 1 saturated heterocycles. The van der Waals surface area contributed by atoms with Crippen LogP contribution in [0.1, 0.15) is 43.7 Å². The van der Waals surface area contributed by atoms with Gasteiger partial charge in [0.25, 0.3) is 0 Å². The van der Waals surface area contributed by atoms with Crippen molar-refractivity contribution in [1.29, 1.82) is 0 Å². The second-order valence-corrected chi connectivity index (χ2v) is 7.67. The summed E-state index contributed by atoms with van der Waals surface area (Å²) in [5.74, 6) is 1.44. The molecule has 2 aromatic rings. The van der Waals surface area contributed by atoms with Gasteiger partial charge in [0.05, 0.1) is 6.61 Å². The van der Waals surface area contributed by atoms with Crippen molar-refractivity contribution in [2.75, 3.05) is 23.4 Å². The first-order valence-electron chi connectivity index (χ1n) is 8.89. The van der Waals surface area contributed by atoms with E-state index in [0.717, 1.165) is 25.0 Å². The Bertz CT molecular complexity index is 806. The number of aromatic amines is 1. The van der Waals surface area contributed by atoms with Crippen molar-refractivity contribution in [1.82, 2.24) is 20.2 Å². The third kappa shape index (κ3) is 2.64. The molecule has 2 bridgehead atoms. The van der Waals surface area contributed by atoms with Crippen LogP contribution in [0.5, 0.6) is 0 Å². The summed E-state index contributed by atoms with van der Waals surface area (Å²) < 4.78 is 14.1. The number of hydrogen-bond donors (Lipinski definition) is 3. The van der Waals surface area contributed by atoms with Gasteiger partial charge in [-0.1, -0.05) is 0 Å². The molecule has 2 unspecified atom stereocenters. The number of aliphatic hydroxyl groups excluding tert-OH is 1. The van der Waals surface area contributed by atoms with Gasteiger partial charge >= 0.3 is 0 Å². The predicted molar refractivity (Wildman–Crippen MR) is 90.3 cm³/mol. The molecule has 5 rings (SSSR count). The van der Waals surface area contributed by atoms with Crippen LogP contribution in [-0.4, -0.2) is 44.5 Å². The van der Waals surface area contributed by atoms with E-state index in [1.54, 1.807) is 0 Å². The Kier molecular flexibility index (Phi) is 3.25. The Morgan fingerprint density at radius 3 is 2.92 bits per heavy atom. The molecule has 0 radical (unpaired) electrons. The van der Waals surface area contributed by atoms with Gasteiger partial charge in [-0.25, -0.2) is 0 Å². The maximum absolute atomic E-state index is 14.1. The van der Waals surface area contributed by atoms with Gasteiger partial charge in [-0.05, 0) is 32.1 Å². The Labute approximate surface area is 144 Å². The van der Waals surface area contributed by atoms with Crippen molar-refractivity contribution in [2.24, 2.45) is 5.41 Å². The molecule has 2 aliphatic carbocycles. The largest absolute Gasteiger partial charge is 0.396 e. The van der Waals surface area contributed by atoms with Crippen molar-refractivity contribution in [3.63, 3.8) is 0 Å². The van der Waals surface area contributed by atoms with E-state index >= 15 is 0 Å². The van der Waals surface area contributed by atoms with E-state index in [9.17, 15) is 9.50 Å². The number of fused-ring (bicyclic) bond motifs is 2. The summed E-state index contributed by atoms with van der Waals surface area (Å²) in [6.07, 6.45) is 5.32. The van der Waals surface area contributed by atoms with Crippen LogP contribution in [0, 0.1) is 11.4 Å². The van der Waals surface area contributed by atoms with Gasteiger partial charge in [-0.2, -0.15) is 19.5 Å². The topological polar surface area (TPSA) is 90.0 Å². The minimum Gasteiger partial charge on any atom is -0.396 e. The summed E-state index contributed by atoms with van der Waals surface area (Å²) in [4.78, 5) is 10.5. The first-order chi connectivity index (χ1) is 12.1. The molecule has 0 spiro atoms. The van der Waals surface area contributed by atoms with Gasteiger partial charge in [0.15, 0.2) is 5.82 Å². The zero-order valence-corrected chi connectivity index (χ0v) is 13.9. The molecule has 25 heavy (non-hydrogen) atoms. The minimum absolute atomic E-state index is 0.0741. The fraction of sp³-hybridized carbons (Fsp3) is 0.588. The van der Waals surface area contributed by atoms with Crippen molar-refractivity contribution >= 4 is 17.6 Å². The summed E-state index contributed by atoms with van der Waals surface area (Å²) in [5, 5.41) is 20.0. The zero-order valence-electron chi connectivity index (χ0n) is 13.9. The Balaban J connectivity index is 1.38. The number of nitrogens with one attached hydrogen (secondary N) is 2. The number of halogens is 1. The lowest BCUT2D eigenvalue weighted by atomic mass is 9.89. The summed E-state index contributed by atoms with van der Waals surface area (Å²) in [5.41, 5.74) is 1.04. The van der Waals surface area contributed by atoms with Crippen molar-refractivity contribution < 1.29 is 9.50 Å². The number of aliphatic hydroxyl groups is 1. The number of rotatable bonds is 5. The molecule has 2 atom stereocenters. The SMILES string of the molecule is OCC12CCC(C1)N(c1nc(F)cc(Nc3cc(C4CC4)[nH]n3)n1)C2. The average Bonchev–Trinajstić information content (AvgIpc) is 3.06. The maximum Gasteiger partial charge on any atom is 0.230 e. The smallest absolute Gasteiger partial charge is 0.230 e. The normalized spacial score (nSPS) is 27.9. The molecule has 2 saturated carbocycles. The van der Waals surface area contributed by atoms with Gasteiger partial charge in [0.1, 0.15) is 5.82 Å². The monoisotopic (exact) mass is 344 g/mol. The summed E-state index contributed by atoms with van der Waals surface area (Å²) in [7, 11) is 0. The highest BCUT2D eigenvalue weighted by Gasteiger charge is 2.50. The van der Waals surface area contributed by atoms with Gasteiger partial charge in [-0.15, -0.1) is 0 Å². The third-order valence-electron chi connectivity index (χ3n) is 5.77. The van der Waals surface area contributed by atoms with Crippen LogP contribution in [0.4, 0.5) is 22.0 Å². The highest BCUT2D eigenvalue weighted by atomic mass is 19.1. The van der Waals surface area contributed by atoms with Crippen molar-refractivity contribution in [3.05, 3.63) is 23.8 Å². The molecule has 1 aliphatic heterocycles. The number of aromatic nitrogens is 4. The van der Waals surface area contributed by atoms with Crippen molar-refractivity contribution in [2.45, 2.75) is 44.1 Å². The van der Waals surface area contributed by atoms with Gasteiger partial charge < -0.3 is 15.3 Å².